The number of rotatable bonds is 4. The van der Waals surface area contributed by atoms with Crippen molar-refractivity contribution in [1.29, 1.82) is 0 Å². The molecule has 1 atom stereocenters. The lowest BCUT2D eigenvalue weighted by atomic mass is 9.96. The van der Waals surface area contributed by atoms with Crippen LogP contribution in [0.1, 0.15) is 29.5 Å². The van der Waals surface area contributed by atoms with E-state index >= 15 is 0 Å². The van der Waals surface area contributed by atoms with Crippen LogP contribution in [-0.4, -0.2) is 24.1 Å². The fourth-order valence-corrected chi connectivity index (χ4v) is 3.81. The summed E-state index contributed by atoms with van der Waals surface area (Å²) in [6.45, 7) is 5.21. The third kappa shape index (κ3) is 3.04. The summed E-state index contributed by atoms with van der Waals surface area (Å²) >= 11 is 0. The highest BCUT2D eigenvalue weighted by atomic mass is 32.2. The Kier molecular flexibility index (Phi) is 4.37. The molecule has 7 heteroatoms. The summed E-state index contributed by atoms with van der Waals surface area (Å²) in [5.41, 5.74) is 2.24. The molecule has 0 aliphatic carbocycles. The quantitative estimate of drug-likeness (QED) is 0.928. The molecule has 1 aromatic heterocycles. The summed E-state index contributed by atoms with van der Waals surface area (Å²) in [7, 11) is -2.42. The van der Waals surface area contributed by atoms with Gasteiger partial charge in [-0.15, -0.1) is 0 Å². The van der Waals surface area contributed by atoms with Gasteiger partial charge in [-0.25, -0.2) is 4.72 Å². The van der Waals surface area contributed by atoms with Crippen LogP contribution in [0.25, 0.3) is 0 Å². The molecule has 1 heterocycles. The van der Waals surface area contributed by atoms with Gasteiger partial charge in [0.1, 0.15) is 0 Å². The smallest absolute Gasteiger partial charge is 0.273 e. The van der Waals surface area contributed by atoms with E-state index in [1.54, 1.807) is 13.8 Å². The second-order valence-electron chi connectivity index (χ2n) is 5.30. The topological polar surface area (TPSA) is 81.1 Å². The number of amides is 1. The van der Waals surface area contributed by atoms with Crippen LogP contribution >= 0.6 is 0 Å². The summed E-state index contributed by atoms with van der Waals surface area (Å²) in [6, 6.07) is 7.41. The molecule has 0 saturated heterocycles. The van der Waals surface area contributed by atoms with Crippen molar-refractivity contribution in [1.82, 2.24) is 14.5 Å². The molecular weight excluding hydrogens is 302 g/mol. The van der Waals surface area contributed by atoms with Gasteiger partial charge in [0.15, 0.2) is 5.03 Å². The van der Waals surface area contributed by atoms with Crippen molar-refractivity contribution in [2.45, 2.75) is 31.7 Å². The van der Waals surface area contributed by atoms with Crippen LogP contribution in [0.2, 0.25) is 0 Å². The Morgan fingerprint density at radius 3 is 2.41 bits per heavy atom. The highest BCUT2D eigenvalue weighted by molar-refractivity contribution is 7.90. The maximum absolute atomic E-state index is 12.4. The van der Waals surface area contributed by atoms with E-state index in [9.17, 15) is 13.2 Å². The van der Waals surface area contributed by atoms with Crippen LogP contribution in [-0.2, 0) is 21.9 Å². The number of carbonyl (C=O) groups is 1. The molecule has 0 aliphatic rings. The van der Waals surface area contributed by atoms with Crippen LogP contribution in [0, 0.1) is 13.8 Å². The molecule has 22 heavy (non-hydrogen) atoms. The van der Waals surface area contributed by atoms with Crippen molar-refractivity contribution >= 4 is 15.9 Å². The number of carbonyl (C=O) groups excluding carboxylic acids is 1. The molecule has 0 bridgehead atoms. The summed E-state index contributed by atoms with van der Waals surface area (Å²) in [5.74, 6) is -1.13. The Hall–Kier alpha value is -2.15. The Balaban J connectivity index is 2.27. The maximum Gasteiger partial charge on any atom is 0.281 e. The van der Waals surface area contributed by atoms with E-state index in [-0.39, 0.29) is 5.03 Å². The zero-order chi connectivity index (χ0) is 16.5. The van der Waals surface area contributed by atoms with E-state index in [0.29, 0.717) is 5.56 Å². The van der Waals surface area contributed by atoms with Gasteiger partial charge in [-0.2, -0.15) is 13.5 Å². The van der Waals surface area contributed by atoms with Crippen molar-refractivity contribution in [3.8, 4) is 0 Å². The molecule has 1 unspecified atom stereocenters. The molecule has 1 amide bonds. The summed E-state index contributed by atoms with van der Waals surface area (Å²) in [5, 5.41) is 3.89. The molecule has 0 radical (unpaired) electrons. The van der Waals surface area contributed by atoms with Gasteiger partial charge < -0.3 is 0 Å². The second-order valence-corrected chi connectivity index (χ2v) is 6.90. The standard InChI is InChI=1S/C15H19N3O3S/c1-10-7-5-6-8-13(10)12(3)14(19)17-22(20,21)15-11(2)9-16-18(15)4/h5-9,12H,1-4H3,(H,17,19). The van der Waals surface area contributed by atoms with E-state index < -0.39 is 21.8 Å². The Morgan fingerprint density at radius 1 is 1.23 bits per heavy atom. The summed E-state index contributed by atoms with van der Waals surface area (Å²) < 4.78 is 28.1. The monoisotopic (exact) mass is 321 g/mol. The van der Waals surface area contributed by atoms with E-state index in [0.717, 1.165) is 11.1 Å². The Bertz CT molecular complexity index is 790. The number of benzene rings is 1. The van der Waals surface area contributed by atoms with Gasteiger partial charge in [0.2, 0.25) is 5.91 Å². The highest BCUT2D eigenvalue weighted by Crippen LogP contribution is 2.20. The first kappa shape index (κ1) is 16.2. The molecule has 6 nitrogen and oxygen atoms in total. The SMILES string of the molecule is Cc1ccccc1C(C)C(=O)NS(=O)(=O)c1c(C)cnn1C. The van der Waals surface area contributed by atoms with Gasteiger partial charge >= 0.3 is 0 Å². The molecule has 0 spiro atoms. The molecule has 0 aliphatic heterocycles. The average molecular weight is 321 g/mol. The van der Waals surface area contributed by atoms with Crippen LogP contribution in [0.5, 0.6) is 0 Å². The Morgan fingerprint density at radius 2 is 1.86 bits per heavy atom. The third-order valence-electron chi connectivity index (χ3n) is 3.59. The van der Waals surface area contributed by atoms with Crippen molar-refractivity contribution in [2.24, 2.45) is 7.05 Å². The first-order valence-corrected chi connectivity index (χ1v) is 8.33. The predicted octanol–water partition coefficient (Wildman–Crippen LogP) is 1.65. The molecule has 1 aromatic carbocycles. The van der Waals surface area contributed by atoms with E-state index in [2.05, 4.69) is 9.82 Å². The van der Waals surface area contributed by atoms with E-state index in [1.165, 1.54) is 17.9 Å². The first-order chi connectivity index (χ1) is 10.2. The molecule has 0 fully saturated rings. The lowest BCUT2D eigenvalue weighted by molar-refractivity contribution is -0.120. The maximum atomic E-state index is 12.4. The summed E-state index contributed by atoms with van der Waals surface area (Å²) in [6.07, 6.45) is 1.45. The number of nitrogens with zero attached hydrogens (tertiary/aromatic N) is 2. The van der Waals surface area contributed by atoms with Crippen LogP contribution in [0.3, 0.4) is 0 Å². The average Bonchev–Trinajstić information content (AvgIpc) is 2.78. The lowest BCUT2D eigenvalue weighted by Gasteiger charge is -2.15. The third-order valence-corrected chi connectivity index (χ3v) is 5.16. The number of nitrogens with one attached hydrogen (secondary N) is 1. The molecule has 0 saturated carbocycles. The van der Waals surface area contributed by atoms with Crippen LogP contribution < -0.4 is 4.72 Å². The van der Waals surface area contributed by atoms with Gasteiger partial charge in [0.25, 0.3) is 10.0 Å². The second kappa shape index (κ2) is 5.92. The molecular formula is C15H19N3O3S. The first-order valence-electron chi connectivity index (χ1n) is 6.85. The van der Waals surface area contributed by atoms with Crippen molar-refractivity contribution < 1.29 is 13.2 Å². The van der Waals surface area contributed by atoms with Gasteiger partial charge in [-0.3, -0.25) is 9.48 Å². The summed E-state index contributed by atoms with van der Waals surface area (Å²) in [4.78, 5) is 12.3. The number of aryl methyl sites for hydroxylation is 3. The van der Waals surface area contributed by atoms with E-state index in [1.807, 2.05) is 31.2 Å². The van der Waals surface area contributed by atoms with Crippen LogP contribution in [0.15, 0.2) is 35.5 Å². The van der Waals surface area contributed by atoms with Gasteiger partial charge in [-0.1, -0.05) is 24.3 Å². The zero-order valence-electron chi connectivity index (χ0n) is 13.0. The largest absolute Gasteiger partial charge is 0.281 e. The minimum Gasteiger partial charge on any atom is -0.273 e. The van der Waals surface area contributed by atoms with Crippen molar-refractivity contribution in [3.05, 3.63) is 47.2 Å². The van der Waals surface area contributed by atoms with E-state index in [4.69, 9.17) is 0 Å². The van der Waals surface area contributed by atoms with Crippen LogP contribution in [0.4, 0.5) is 0 Å². The molecule has 118 valence electrons. The molecule has 2 aromatic rings. The van der Waals surface area contributed by atoms with Crippen molar-refractivity contribution in [2.75, 3.05) is 0 Å². The lowest BCUT2D eigenvalue weighted by Crippen LogP contribution is -2.35. The predicted molar refractivity (Wildman–Crippen MR) is 82.9 cm³/mol. The fraction of sp³-hybridized carbons (Fsp3) is 0.333. The zero-order valence-corrected chi connectivity index (χ0v) is 13.8. The number of aromatic nitrogens is 2. The minimum absolute atomic E-state index is 0.00201. The normalized spacial score (nSPS) is 12.9. The van der Waals surface area contributed by atoms with Crippen molar-refractivity contribution in [3.63, 3.8) is 0 Å². The van der Waals surface area contributed by atoms with Gasteiger partial charge in [0.05, 0.1) is 12.1 Å². The van der Waals surface area contributed by atoms with Gasteiger partial charge in [-0.05, 0) is 31.9 Å². The highest BCUT2D eigenvalue weighted by Gasteiger charge is 2.27. The van der Waals surface area contributed by atoms with Gasteiger partial charge in [0, 0.05) is 12.6 Å². The molecule has 1 N–H and O–H groups in total. The number of hydrogen-bond acceptors (Lipinski definition) is 4. The minimum atomic E-state index is -3.94. The molecule has 2 rings (SSSR count). The number of sulfonamides is 1. The Labute approximate surface area is 130 Å². The number of hydrogen-bond donors (Lipinski definition) is 1. The fourth-order valence-electron chi connectivity index (χ4n) is 2.40.